The van der Waals surface area contributed by atoms with Gasteiger partial charge in [0.15, 0.2) is 11.6 Å². The SMILES string of the molecule is O=C(OCc1ccccc1)c1nc(-c2ccccc2)nc(-c2ccc3c(c2)oc2ccccc23)n1. The van der Waals surface area contributed by atoms with E-state index in [9.17, 15) is 4.79 Å². The van der Waals surface area contributed by atoms with Crippen molar-refractivity contribution < 1.29 is 13.9 Å². The third kappa shape index (κ3) is 4.13. The Bertz CT molecular complexity index is 1660. The number of ether oxygens (including phenoxy) is 1. The number of hydrogen-bond acceptors (Lipinski definition) is 6. The number of nitrogens with zero attached hydrogens (tertiary/aromatic N) is 3. The summed E-state index contributed by atoms with van der Waals surface area (Å²) < 4.78 is 11.5. The Morgan fingerprint density at radius 1 is 0.657 bits per heavy atom. The summed E-state index contributed by atoms with van der Waals surface area (Å²) in [5.41, 5.74) is 3.91. The first-order chi connectivity index (χ1) is 17.2. The molecule has 6 aromatic rings. The lowest BCUT2D eigenvalue weighted by Crippen LogP contribution is -2.12. The summed E-state index contributed by atoms with van der Waals surface area (Å²) in [5.74, 6) is 0.105. The second-order valence-corrected chi connectivity index (χ2v) is 8.04. The highest BCUT2D eigenvalue weighted by atomic mass is 16.5. The Morgan fingerprint density at radius 3 is 2.11 bits per heavy atom. The van der Waals surface area contributed by atoms with E-state index in [1.165, 1.54) is 0 Å². The molecule has 168 valence electrons. The zero-order chi connectivity index (χ0) is 23.6. The highest BCUT2D eigenvalue weighted by Gasteiger charge is 2.18. The Kier molecular flexibility index (Phi) is 5.24. The summed E-state index contributed by atoms with van der Waals surface area (Å²) in [4.78, 5) is 26.5. The average molecular weight is 457 g/mol. The zero-order valence-corrected chi connectivity index (χ0v) is 18.6. The maximum absolute atomic E-state index is 12.9. The number of esters is 1. The van der Waals surface area contributed by atoms with Crippen LogP contribution >= 0.6 is 0 Å². The smallest absolute Gasteiger partial charge is 0.376 e. The molecule has 0 aliphatic heterocycles. The molecular weight excluding hydrogens is 438 g/mol. The minimum Gasteiger partial charge on any atom is -0.456 e. The van der Waals surface area contributed by atoms with Crippen molar-refractivity contribution in [2.45, 2.75) is 6.61 Å². The quantitative estimate of drug-likeness (QED) is 0.276. The van der Waals surface area contributed by atoms with E-state index < -0.39 is 5.97 Å². The largest absolute Gasteiger partial charge is 0.456 e. The number of rotatable bonds is 5. The van der Waals surface area contributed by atoms with Crippen molar-refractivity contribution in [1.82, 2.24) is 15.0 Å². The highest BCUT2D eigenvalue weighted by Crippen LogP contribution is 2.31. The molecule has 0 atom stereocenters. The Balaban J connectivity index is 1.41. The second kappa shape index (κ2) is 8.83. The van der Waals surface area contributed by atoms with Crippen LogP contribution in [0.15, 0.2) is 108 Å². The molecule has 0 aliphatic rings. The van der Waals surface area contributed by atoms with E-state index in [1.54, 1.807) is 0 Å². The van der Waals surface area contributed by atoms with Crippen LogP contribution in [0.25, 0.3) is 44.7 Å². The first-order valence-corrected chi connectivity index (χ1v) is 11.2. The van der Waals surface area contributed by atoms with E-state index in [-0.39, 0.29) is 12.4 Å². The van der Waals surface area contributed by atoms with Crippen molar-refractivity contribution in [2.75, 3.05) is 0 Å². The van der Waals surface area contributed by atoms with Gasteiger partial charge in [0.05, 0.1) is 0 Å². The lowest BCUT2D eigenvalue weighted by molar-refractivity contribution is 0.0458. The molecule has 0 saturated carbocycles. The van der Waals surface area contributed by atoms with Gasteiger partial charge in [0, 0.05) is 21.9 Å². The molecule has 2 aromatic heterocycles. The lowest BCUT2D eigenvalue weighted by atomic mass is 10.1. The Morgan fingerprint density at radius 2 is 1.31 bits per heavy atom. The van der Waals surface area contributed by atoms with Crippen molar-refractivity contribution in [3.8, 4) is 22.8 Å². The van der Waals surface area contributed by atoms with Gasteiger partial charge < -0.3 is 9.15 Å². The van der Waals surface area contributed by atoms with Gasteiger partial charge >= 0.3 is 5.97 Å². The summed E-state index contributed by atoms with van der Waals surface area (Å²) in [6, 6.07) is 32.7. The Hall–Kier alpha value is -4.84. The van der Waals surface area contributed by atoms with Gasteiger partial charge in [-0.1, -0.05) is 84.9 Å². The Labute approximate surface area is 200 Å². The second-order valence-electron chi connectivity index (χ2n) is 8.04. The van der Waals surface area contributed by atoms with Crippen LogP contribution in [0, 0.1) is 0 Å². The van der Waals surface area contributed by atoms with Gasteiger partial charge in [-0.05, 0) is 23.8 Å². The molecule has 0 spiro atoms. The van der Waals surface area contributed by atoms with Crippen LogP contribution in [-0.2, 0) is 11.3 Å². The molecule has 0 bridgehead atoms. The maximum atomic E-state index is 12.9. The molecule has 6 heteroatoms. The van der Waals surface area contributed by atoms with E-state index >= 15 is 0 Å². The van der Waals surface area contributed by atoms with E-state index in [4.69, 9.17) is 9.15 Å². The van der Waals surface area contributed by atoms with E-state index in [0.717, 1.165) is 33.1 Å². The minimum atomic E-state index is -0.612. The molecule has 4 aromatic carbocycles. The molecule has 35 heavy (non-hydrogen) atoms. The molecule has 0 aliphatic carbocycles. The van der Waals surface area contributed by atoms with Crippen LogP contribution in [-0.4, -0.2) is 20.9 Å². The van der Waals surface area contributed by atoms with Crippen LogP contribution in [0.3, 0.4) is 0 Å². The topological polar surface area (TPSA) is 78.1 Å². The molecule has 0 saturated heterocycles. The van der Waals surface area contributed by atoms with Crippen LogP contribution in [0.5, 0.6) is 0 Å². The molecule has 6 rings (SSSR count). The molecule has 0 N–H and O–H groups in total. The van der Waals surface area contributed by atoms with Crippen molar-refractivity contribution >= 4 is 27.9 Å². The first kappa shape index (κ1) is 20.7. The maximum Gasteiger partial charge on any atom is 0.376 e. The summed E-state index contributed by atoms with van der Waals surface area (Å²) >= 11 is 0. The number of furan rings is 1. The number of para-hydroxylation sites is 1. The summed E-state index contributed by atoms with van der Waals surface area (Å²) in [7, 11) is 0. The number of carbonyl (C=O) groups excluding carboxylic acids is 1. The normalized spacial score (nSPS) is 11.1. The third-order valence-electron chi connectivity index (χ3n) is 5.70. The summed E-state index contributed by atoms with van der Waals surface area (Å²) in [6.07, 6.45) is 0. The van der Waals surface area contributed by atoms with E-state index in [0.29, 0.717) is 17.2 Å². The van der Waals surface area contributed by atoms with Gasteiger partial charge in [-0.15, -0.1) is 0 Å². The van der Waals surface area contributed by atoms with E-state index in [1.807, 2.05) is 103 Å². The lowest BCUT2D eigenvalue weighted by Gasteiger charge is -2.08. The predicted octanol–water partition coefficient (Wildman–Crippen LogP) is 6.46. The van der Waals surface area contributed by atoms with Gasteiger partial charge in [0.1, 0.15) is 17.8 Å². The molecular formula is C29H19N3O3. The molecule has 0 amide bonds. The molecule has 0 fully saturated rings. The number of fused-ring (bicyclic) bond motifs is 3. The van der Waals surface area contributed by atoms with E-state index in [2.05, 4.69) is 15.0 Å². The van der Waals surface area contributed by atoms with Crippen molar-refractivity contribution in [1.29, 1.82) is 0 Å². The number of benzene rings is 4. The van der Waals surface area contributed by atoms with Gasteiger partial charge in [-0.25, -0.2) is 19.7 Å². The standard InChI is InChI=1S/C29H19N3O3/c33-29(34-18-19-9-3-1-4-10-19)28-31-26(20-11-5-2-6-12-20)30-27(32-28)21-15-16-23-22-13-7-8-14-24(22)35-25(23)17-21/h1-17H,18H2. The van der Waals surface area contributed by atoms with Crippen LogP contribution in [0.4, 0.5) is 0 Å². The summed E-state index contributed by atoms with van der Waals surface area (Å²) in [6.45, 7) is 0.131. The van der Waals surface area contributed by atoms with Crippen LogP contribution < -0.4 is 0 Å². The van der Waals surface area contributed by atoms with Crippen LogP contribution in [0.2, 0.25) is 0 Å². The van der Waals surface area contributed by atoms with Gasteiger partial charge in [-0.2, -0.15) is 0 Å². The fourth-order valence-corrected chi connectivity index (χ4v) is 3.97. The number of aromatic nitrogens is 3. The predicted molar refractivity (Wildman–Crippen MR) is 134 cm³/mol. The van der Waals surface area contributed by atoms with Crippen molar-refractivity contribution in [3.63, 3.8) is 0 Å². The molecule has 0 unspecified atom stereocenters. The van der Waals surface area contributed by atoms with Crippen molar-refractivity contribution in [3.05, 3.63) is 115 Å². The number of hydrogen-bond donors (Lipinski definition) is 0. The molecule has 2 heterocycles. The zero-order valence-electron chi connectivity index (χ0n) is 18.6. The highest BCUT2D eigenvalue weighted by molar-refractivity contribution is 6.05. The number of carbonyl (C=O) groups is 1. The van der Waals surface area contributed by atoms with Crippen LogP contribution in [0.1, 0.15) is 16.2 Å². The molecule has 6 nitrogen and oxygen atoms in total. The van der Waals surface area contributed by atoms with Gasteiger partial charge in [-0.3, -0.25) is 0 Å². The first-order valence-electron chi connectivity index (χ1n) is 11.2. The summed E-state index contributed by atoms with van der Waals surface area (Å²) in [5, 5.41) is 2.05. The average Bonchev–Trinajstić information content (AvgIpc) is 3.30. The fraction of sp³-hybridized carbons (Fsp3) is 0.0345. The third-order valence-corrected chi connectivity index (χ3v) is 5.70. The van der Waals surface area contributed by atoms with Gasteiger partial charge in [0.2, 0.25) is 5.82 Å². The van der Waals surface area contributed by atoms with Gasteiger partial charge in [0.25, 0.3) is 0 Å². The molecule has 0 radical (unpaired) electrons. The fourth-order valence-electron chi connectivity index (χ4n) is 3.97. The monoisotopic (exact) mass is 457 g/mol. The minimum absolute atomic E-state index is 0.0468. The van der Waals surface area contributed by atoms with Crippen molar-refractivity contribution in [2.24, 2.45) is 0 Å².